The second-order valence-electron chi connectivity index (χ2n) is 8.64. The fourth-order valence-electron chi connectivity index (χ4n) is 3.61. The van der Waals surface area contributed by atoms with E-state index in [0.717, 1.165) is 58.9 Å². The zero-order chi connectivity index (χ0) is 26.2. The van der Waals surface area contributed by atoms with E-state index in [1.54, 1.807) is 0 Å². The zero-order valence-corrected chi connectivity index (χ0v) is 21.7. The van der Waals surface area contributed by atoms with Gasteiger partial charge in [0.15, 0.2) is 0 Å². The first-order valence-electron chi connectivity index (χ1n) is 11.5. The number of benzene rings is 1. The van der Waals surface area contributed by atoms with Gasteiger partial charge in [-0.15, -0.1) is 16.2 Å². The van der Waals surface area contributed by atoms with Gasteiger partial charge in [0.1, 0.15) is 5.01 Å². The van der Waals surface area contributed by atoms with Crippen LogP contribution in [0.1, 0.15) is 63.1 Å². The lowest BCUT2D eigenvalue weighted by molar-refractivity contribution is -0.137. The number of halogens is 3. The Morgan fingerprint density at radius 3 is 2.46 bits per heavy atom. The minimum Gasteiger partial charge on any atom is -0.258 e. The van der Waals surface area contributed by atoms with Crippen LogP contribution in [0.3, 0.4) is 0 Å². The maximum atomic E-state index is 12.8. The smallest absolute Gasteiger partial charge is 0.258 e. The first-order chi connectivity index (χ1) is 16.4. The monoisotopic (exact) mass is 503 g/mol. The molecule has 2 aromatic rings. The van der Waals surface area contributed by atoms with Crippen LogP contribution in [-0.4, -0.2) is 10.7 Å². The van der Waals surface area contributed by atoms with E-state index < -0.39 is 11.7 Å². The topological polar surface area (TPSA) is 54.7 Å². The number of aryl methyl sites for hydroxylation is 2. The van der Waals surface area contributed by atoms with Crippen LogP contribution in [0.15, 0.2) is 70.1 Å². The van der Waals surface area contributed by atoms with E-state index in [-0.39, 0.29) is 5.92 Å². The summed E-state index contributed by atoms with van der Waals surface area (Å²) in [5.74, 6) is 0.124. The highest BCUT2D eigenvalue weighted by molar-refractivity contribution is 7.15. The molecule has 188 valence electrons. The Labute approximate surface area is 209 Å². The second-order valence-corrected chi connectivity index (χ2v) is 9.72. The lowest BCUT2D eigenvalue weighted by Crippen LogP contribution is -2.03. The molecular weight excluding hydrogens is 471 g/mol. The van der Waals surface area contributed by atoms with Gasteiger partial charge in [-0.2, -0.15) is 13.2 Å². The Morgan fingerprint density at radius 2 is 1.89 bits per heavy atom. The number of rotatable bonds is 11. The summed E-state index contributed by atoms with van der Waals surface area (Å²) < 4.78 is 38.5. The molecule has 0 amide bonds. The molecule has 0 aliphatic carbocycles. The van der Waals surface area contributed by atoms with Crippen molar-refractivity contribution in [2.45, 2.75) is 66.5 Å². The summed E-state index contributed by atoms with van der Waals surface area (Å²) in [5, 5.41) is 3.61. The molecule has 0 spiro atoms. The van der Waals surface area contributed by atoms with Crippen LogP contribution in [0.2, 0.25) is 0 Å². The molecule has 1 aromatic heterocycles. The third-order valence-corrected chi connectivity index (χ3v) is 6.67. The predicted molar refractivity (Wildman–Crippen MR) is 140 cm³/mol. The molecule has 0 saturated heterocycles. The summed E-state index contributed by atoms with van der Waals surface area (Å²) in [6.07, 6.45) is 2.66. The van der Waals surface area contributed by atoms with Crippen molar-refractivity contribution in [2.75, 3.05) is 0 Å². The third-order valence-electron chi connectivity index (χ3n) is 5.40. The van der Waals surface area contributed by atoms with Gasteiger partial charge >= 0.3 is 6.18 Å². The minimum atomic E-state index is -4.35. The fourth-order valence-corrected chi connectivity index (χ4v) is 4.68. The minimum absolute atomic E-state index is 0.124. The van der Waals surface area contributed by atoms with Crippen LogP contribution in [-0.2, 0) is 12.6 Å². The van der Waals surface area contributed by atoms with Crippen molar-refractivity contribution in [3.05, 3.63) is 81.0 Å². The van der Waals surface area contributed by atoms with Crippen molar-refractivity contribution in [3.63, 3.8) is 0 Å². The summed E-state index contributed by atoms with van der Waals surface area (Å²) in [7, 11) is 0. The summed E-state index contributed by atoms with van der Waals surface area (Å²) >= 11 is 1.50. The van der Waals surface area contributed by atoms with Crippen LogP contribution in [0.25, 0.3) is 10.6 Å². The van der Waals surface area contributed by atoms with E-state index in [1.807, 2.05) is 27.7 Å². The molecule has 0 N–H and O–H groups in total. The largest absolute Gasteiger partial charge is 0.416 e. The van der Waals surface area contributed by atoms with Gasteiger partial charge in [-0.3, -0.25) is 4.99 Å². The van der Waals surface area contributed by atoms with Crippen LogP contribution in [0.4, 0.5) is 13.2 Å². The molecule has 1 atom stereocenters. The quantitative estimate of drug-likeness (QED) is 0.174. The van der Waals surface area contributed by atoms with Crippen LogP contribution in [0.5, 0.6) is 0 Å². The number of nitroso groups, excluding NO2 is 1. The van der Waals surface area contributed by atoms with Crippen molar-refractivity contribution in [2.24, 2.45) is 16.1 Å². The normalized spacial score (nSPS) is 14.2. The average Bonchev–Trinajstić information content (AvgIpc) is 3.17. The molecule has 0 fully saturated rings. The number of alkyl halides is 3. The van der Waals surface area contributed by atoms with E-state index >= 15 is 0 Å². The standard InChI is InChI=1S/C27H32F3N3OS/c1-7-8-24(18(3)15-17(2)16-20(5)33-34)31-19(4)9-14-25-21(6)32-26(35-25)22-10-12-23(13-11-22)27(28,29)30/h8,10-13,15,17H,5,7,9,14,16H2,1-4,6H3/b18-15-,24-8+,31-19?. The number of hydrogen-bond donors (Lipinski definition) is 0. The molecular formula is C27H32F3N3OS. The number of aromatic nitrogens is 1. The fraction of sp³-hybridized carbons (Fsp3) is 0.407. The van der Waals surface area contributed by atoms with E-state index in [0.29, 0.717) is 22.7 Å². The van der Waals surface area contributed by atoms with Crippen LogP contribution >= 0.6 is 11.3 Å². The van der Waals surface area contributed by atoms with Gasteiger partial charge in [0.25, 0.3) is 0 Å². The van der Waals surface area contributed by atoms with Crippen LogP contribution < -0.4 is 0 Å². The Morgan fingerprint density at radius 1 is 1.23 bits per heavy atom. The van der Waals surface area contributed by atoms with Gasteiger partial charge in [0.05, 0.1) is 22.7 Å². The summed E-state index contributed by atoms with van der Waals surface area (Å²) in [4.78, 5) is 21.1. The Kier molecular flexibility index (Phi) is 10.3. The Bertz CT molecular complexity index is 1130. The first kappa shape index (κ1) is 28.4. The maximum Gasteiger partial charge on any atom is 0.416 e. The maximum absolute atomic E-state index is 12.8. The zero-order valence-electron chi connectivity index (χ0n) is 20.9. The number of nitrogens with zero attached hydrogens (tertiary/aromatic N) is 3. The van der Waals surface area contributed by atoms with Crippen molar-refractivity contribution >= 4 is 17.0 Å². The van der Waals surface area contributed by atoms with E-state index in [2.05, 4.69) is 35.8 Å². The van der Waals surface area contributed by atoms with Crippen LogP contribution in [0, 0.1) is 17.7 Å². The summed E-state index contributed by atoms with van der Waals surface area (Å²) in [6.45, 7) is 13.6. The molecule has 1 unspecified atom stereocenters. The van der Waals surface area contributed by atoms with Crippen molar-refractivity contribution in [3.8, 4) is 10.6 Å². The van der Waals surface area contributed by atoms with Gasteiger partial charge < -0.3 is 0 Å². The average molecular weight is 504 g/mol. The van der Waals surface area contributed by atoms with E-state index in [9.17, 15) is 18.1 Å². The molecule has 0 bridgehead atoms. The molecule has 2 rings (SSSR count). The van der Waals surface area contributed by atoms with E-state index in [4.69, 9.17) is 4.99 Å². The first-order valence-corrected chi connectivity index (χ1v) is 12.3. The molecule has 35 heavy (non-hydrogen) atoms. The summed E-state index contributed by atoms with van der Waals surface area (Å²) in [5.41, 5.74) is 4.16. The molecule has 1 aromatic carbocycles. The molecule has 0 saturated carbocycles. The third kappa shape index (κ3) is 8.69. The number of allylic oxidation sites excluding steroid dienone is 4. The van der Waals surface area contributed by atoms with Gasteiger partial charge in [-0.1, -0.05) is 44.7 Å². The van der Waals surface area contributed by atoms with Crippen molar-refractivity contribution in [1.29, 1.82) is 0 Å². The predicted octanol–water partition coefficient (Wildman–Crippen LogP) is 9.08. The number of hydrogen-bond acceptors (Lipinski definition) is 5. The lowest BCUT2D eigenvalue weighted by atomic mass is 10.0. The Hall–Kier alpha value is -2.87. The van der Waals surface area contributed by atoms with Gasteiger partial charge in [0.2, 0.25) is 0 Å². The molecule has 0 aliphatic rings. The highest BCUT2D eigenvalue weighted by atomic mass is 32.1. The molecule has 0 aliphatic heterocycles. The SMILES string of the molecule is C=C(CC(C)/C=C(C)\C(=C/CC)N=C(C)CCc1sc(-c2ccc(C(F)(F)F)cc2)nc1C)N=O. The molecule has 8 heteroatoms. The van der Waals surface area contributed by atoms with Crippen molar-refractivity contribution < 1.29 is 13.2 Å². The highest BCUT2D eigenvalue weighted by Crippen LogP contribution is 2.33. The Balaban J connectivity index is 2.11. The van der Waals surface area contributed by atoms with Gasteiger partial charge in [0, 0.05) is 16.2 Å². The summed E-state index contributed by atoms with van der Waals surface area (Å²) in [6, 6.07) is 5.12. The van der Waals surface area contributed by atoms with Gasteiger partial charge in [-0.25, -0.2) is 4.98 Å². The van der Waals surface area contributed by atoms with E-state index in [1.165, 1.54) is 23.5 Å². The number of thiazole rings is 1. The number of aliphatic imine (C=N–C) groups is 1. The highest BCUT2D eigenvalue weighted by Gasteiger charge is 2.30. The van der Waals surface area contributed by atoms with Crippen molar-refractivity contribution in [1.82, 2.24) is 4.98 Å². The molecule has 1 heterocycles. The molecule has 4 nitrogen and oxygen atoms in total. The lowest BCUT2D eigenvalue weighted by Gasteiger charge is -2.10. The molecule has 0 radical (unpaired) electrons. The van der Waals surface area contributed by atoms with Gasteiger partial charge in [-0.05, 0) is 75.3 Å². The second kappa shape index (κ2) is 12.7.